The molecule has 4 aromatic rings. The van der Waals surface area contributed by atoms with Crippen LogP contribution < -0.4 is 5.56 Å². The van der Waals surface area contributed by atoms with Crippen LogP contribution in [-0.4, -0.2) is 42.9 Å². The molecule has 0 radical (unpaired) electrons. The van der Waals surface area contributed by atoms with Crippen molar-refractivity contribution >= 4 is 28.7 Å². The molecule has 2 aromatic heterocycles. The molecule has 0 aliphatic carbocycles. The number of thioether (sulfide) groups is 1. The first-order valence-electron chi connectivity index (χ1n) is 9.63. The topological polar surface area (TPSA) is 83.9 Å². The van der Waals surface area contributed by atoms with Gasteiger partial charge in [-0.3, -0.25) is 19.3 Å². The van der Waals surface area contributed by atoms with E-state index in [4.69, 9.17) is 0 Å². The largest absolute Gasteiger partial charge is 0.338 e. The molecule has 1 amide bonds. The number of H-pyrrole nitrogens is 1. The third-order valence-corrected chi connectivity index (χ3v) is 5.66. The molecule has 1 N–H and O–H groups in total. The van der Waals surface area contributed by atoms with Gasteiger partial charge in [0, 0.05) is 13.1 Å². The summed E-state index contributed by atoms with van der Waals surface area (Å²) in [4.78, 5) is 32.3. The molecule has 0 saturated carbocycles. The van der Waals surface area contributed by atoms with Gasteiger partial charge in [-0.05, 0) is 24.6 Å². The molecule has 0 atom stereocenters. The molecular formula is C22H21N5O2S. The molecule has 30 heavy (non-hydrogen) atoms. The summed E-state index contributed by atoms with van der Waals surface area (Å²) in [6, 6.07) is 19.2. The van der Waals surface area contributed by atoms with E-state index in [1.165, 1.54) is 22.5 Å². The van der Waals surface area contributed by atoms with Crippen LogP contribution in [0.4, 0.5) is 0 Å². The number of carbonyl (C=O) groups excluding carboxylic acids is 1. The lowest BCUT2D eigenvalue weighted by Gasteiger charge is -2.21. The lowest BCUT2D eigenvalue weighted by atomic mass is 10.2. The molecule has 152 valence electrons. The quantitative estimate of drug-likeness (QED) is 0.367. The van der Waals surface area contributed by atoms with E-state index in [0.29, 0.717) is 35.0 Å². The van der Waals surface area contributed by atoms with E-state index in [1.807, 2.05) is 67.6 Å². The van der Waals surface area contributed by atoms with Crippen molar-refractivity contribution in [2.45, 2.75) is 18.6 Å². The van der Waals surface area contributed by atoms with Crippen molar-refractivity contribution in [1.29, 1.82) is 0 Å². The maximum atomic E-state index is 13.0. The van der Waals surface area contributed by atoms with Gasteiger partial charge in [0.1, 0.15) is 5.39 Å². The highest BCUT2D eigenvalue weighted by Gasteiger charge is 2.18. The molecular weight excluding hydrogens is 398 g/mol. The normalized spacial score (nSPS) is 11.0. The van der Waals surface area contributed by atoms with Crippen LogP contribution in [0.3, 0.4) is 0 Å². The molecule has 2 heterocycles. The Bertz CT molecular complexity index is 1200. The van der Waals surface area contributed by atoms with Crippen LogP contribution in [0.25, 0.3) is 16.7 Å². The maximum Gasteiger partial charge on any atom is 0.269 e. The second-order valence-corrected chi connectivity index (χ2v) is 7.63. The standard InChI is InChI=1S/C22H21N5O2S/c1-2-26(14-16-9-5-3-6-10-16)19(28)15-30-22-24-20-18(13-23-25-20)21(29)27(22)17-11-7-4-8-12-17/h3-13H,2,14-15H2,1H3,(H,23,25). The minimum atomic E-state index is -0.216. The van der Waals surface area contributed by atoms with Gasteiger partial charge in [-0.1, -0.05) is 60.3 Å². The van der Waals surface area contributed by atoms with E-state index in [1.54, 1.807) is 4.90 Å². The lowest BCUT2D eigenvalue weighted by Crippen LogP contribution is -2.32. The molecule has 4 rings (SSSR count). The summed E-state index contributed by atoms with van der Waals surface area (Å²) in [5.74, 6) is 0.171. The second-order valence-electron chi connectivity index (χ2n) is 6.68. The smallest absolute Gasteiger partial charge is 0.269 e. The van der Waals surface area contributed by atoms with Crippen LogP contribution in [0.1, 0.15) is 12.5 Å². The Morgan fingerprint density at radius 2 is 1.80 bits per heavy atom. The first-order chi connectivity index (χ1) is 14.7. The Labute approximate surface area is 177 Å². The fourth-order valence-electron chi connectivity index (χ4n) is 3.17. The number of aromatic nitrogens is 4. The Morgan fingerprint density at radius 1 is 1.10 bits per heavy atom. The first-order valence-corrected chi connectivity index (χ1v) is 10.6. The molecule has 0 bridgehead atoms. The Kier molecular flexibility index (Phi) is 5.94. The summed E-state index contributed by atoms with van der Waals surface area (Å²) in [5, 5.41) is 7.55. The number of hydrogen-bond donors (Lipinski definition) is 1. The van der Waals surface area contributed by atoms with E-state index in [0.717, 1.165) is 5.56 Å². The van der Waals surface area contributed by atoms with E-state index in [-0.39, 0.29) is 17.2 Å². The van der Waals surface area contributed by atoms with Gasteiger partial charge in [0.05, 0.1) is 17.6 Å². The Morgan fingerprint density at radius 3 is 2.50 bits per heavy atom. The SMILES string of the molecule is CCN(Cc1ccccc1)C(=O)CSc1nc2[nH]ncc2c(=O)n1-c1ccccc1. The number of nitrogens with one attached hydrogen (secondary N) is 1. The number of nitrogens with zero attached hydrogens (tertiary/aromatic N) is 4. The minimum Gasteiger partial charge on any atom is -0.338 e. The summed E-state index contributed by atoms with van der Waals surface area (Å²) in [6.07, 6.45) is 1.47. The second kappa shape index (κ2) is 8.96. The number of amides is 1. The zero-order valence-electron chi connectivity index (χ0n) is 16.5. The summed E-state index contributed by atoms with van der Waals surface area (Å²) in [6.45, 7) is 3.11. The maximum absolute atomic E-state index is 13.0. The third-order valence-electron chi connectivity index (χ3n) is 4.74. The van der Waals surface area contributed by atoms with Crippen molar-refractivity contribution in [3.8, 4) is 5.69 Å². The van der Waals surface area contributed by atoms with E-state index in [2.05, 4.69) is 15.2 Å². The van der Waals surface area contributed by atoms with Gasteiger partial charge < -0.3 is 4.90 Å². The van der Waals surface area contributed by atoms with Crippen LogP contribution in [0.5, 0.6) is 0 Å². The number of rotatable bonds is 7. The predicted octanol–water partition coefficient (Wildman–Crippen LogP) is 3.25. The average molecular weight is 420 g/mol. The van der Waals surface area contributed by atoms with Crippen molar-refractivity contribution in [1.82, 2.24) is 24.6 Å². The molecule has 7 nitrogen and oxygen atoms in total. The summed E-state index contributed by atoms with van der Waals surface area (Å²) in [5.41, 5.74) is 1.98. The average Bonchev–Trinajstić information content (AvgIpc) is 3.26. The molecule has 0 aliphatic rings. The molecule has 2 aromatic carbocycles. The van der Waals surface area contributed by atoms with Gasteiger partial charge in [-0.2, -0.15) is 5.10 Å². The molecule has 0 aliphatic heterocycles. The van der Waals surface area contributed by atoms with Crippen LogP contribution >= 0.6 is 11.8 Å². The molecule has 0 spiro atoms. The summed E-state index contributed by atoms with van der Waals surface area (Å²) >= 11 is 1.25. The zero-order chi connectivity index (χ0) is 20.9. The highest BCUT2D eigenvalue weighted by Crippen LogP contribution is 2.21. The van der Waals surface area contributed by atoms with Gasteiger partial charge in [-0.25, -0.2) is 4.98 Å². The van der Waals surface area contributed by atoms with Crippen LogP contribution in [0.2, 0.25) is 0 Å². The number of hydrogen-bond acceptors (Lipinski definition) is 5. The number of fused-ring (bicyclic) bond motifs is 1. The Balaban J connectivity index is 1.60. The van der Waals surface area contributed by atoms with Gasteiger partial charge in [-0.15, -0.1) is 0 Å². The van der Waals surface area contributed by atoms with Crippen molar-refractivity contribution < 1.29 is 4.79 Å². The monoisotopic (exact) mass is 419 g/mol. The number of aromatic amines is 1. The fourth-order valence-corrected chi connectivity index (χ4v) is 4.08. The molecule has 0 saturated heterocycles. The van der Waals surface area contributed by atoms with Crippen LogP contribution in [0.15, 0.2) is 76.8 Å². The van der Waals surface area contributed by atoms with Crippen molar-refractivity contribution in [3.05, 3.63) is 82.8 Å². The van der Waals surface area contributed by atoms with Gasteiger partial charge in [0.15, 0.2) is 10.8 Å². The fraction of sp³-hybridized carbons (Fsp3) is 0.182. The van der Waals surface area contributed by atoms with Gasteiger partial charge >= 0.3 is 0 Å². The highest BCUT2D eigenvalue weighted by atomic mass is 32.2. The first kappa shape index (κ1) is 19.9. The molecule has 0 unspecified atom stereocenters. The van der Waals surface area contributed by atoms with Gasteiger partial charge in [0.2, 0.25) is 5.91 Å². The van der Waals surface area contributed by atoms with E-state index < -0.39 is 0 Å². The zero-order valence-corrected chi connectivity index (χ0v) is 17.3. The van der Waals surface area contributed by atoms with Gasteiger partial charge in [0.25, 0.3) is 5.56 Å². The summed E-state index contributed by atoms with van der Waals surface area (Å²) < 4.78 is 1.53. The number of para-hydroxylation sites is 1. The summed E-state index contributed by atoms with van der Waals surface area (Å²) in [7, 11) is 0. The van der Waals surface area contributed by atoms with E-state index >= 15 is 0 Å². The van der Waals surface area contributed by atoms with E-state index in [9.17, 15) is 9.59 Å². The lowest BCUT2D eigenvalue weighted by molar-refractivity contribution is -0.128. The predicted molar refractivity (Wildman–Crippen MR) is 118 cm³/mol. The third kappa shape index (κ3) is 4.13. The highest BCUT2D eigenvalue weighted by molar-refractivity contribution is 7.99. The minimum absolute atomic E-state index is 0.00933. The number of benzene rings is 2. The molecule has 8 heteroatoms. The molecule has 0 fully saturated rings. The van der Waals surface area contributed by atoms with Crippen LogP contribution in [0, 0.1) is 0 Å². The van der Waals surface area contributed by atoms with Crippen LogP contribution in [-0.2, 0) is 11.3 Å². The van der Waals surface area contributed by atoms with Crippen molar-refractivity contribution in [2.24, 2.45) is 0 Å². The van der Waals surface area contributed by atoms with Crippen molar-refractivity contribution in [2.75, 3.05) is 12.3 Å². The Hall–Kier alpha value is -3.39. The number of carbonyl (C=O) groups is 1. The van der Waals surface area contributed by atoms with Crippen molar-refractivity contribution in [3.63, 3.8) is 0 Å².